The summed E-state index contributed by atoms with van der Waals surface area (Å²) >= 11 is 0. The second kappa shape index (κ2) is 9.73. The Morgan fingerprint density at radius 1 is 1.06 bits per heavy atom. The van der Waals surface area contributed by atoms with Crippen molar-refractivity contribution in [1.82, 2.24) is 19.2 Å². The number of carbonyl (C=O) groups is 1. The van der Waals surface area contributed by atoms with Gasteiger partial charge in [-0.3, -0.25) is 4.79 Å². The van der Waals surface area contributed by atoms with Crippen molar-refractivity contribution in [3.63, 3.8) is 0 Å². The van der Waals surface area contributed by atoms with Crippen molar-refractivity contribution in [2.75, 3.05) is 48.4 Å². The van der Waals surface area contributed by atoms with E-state index in [1.165, 1.54) is 20.3 Å². The summed E-state index contributed by atoms with van der Waals surface area (Å²) < 4.78 is 7.94. The molecule has 0 bridgehead atoms. The Labute approximate surface area is 208 Å². The summed E-state index contributed by atoms with van der Waals surface area (Å²) in [5.74, 6) is 0.817. The van der Waals surface area contributed by atoms with Crippen molar-refractivity contribution in [3.05, 3.63) is 76.5 Å². The molecule has 2 aromatic heterocycles. The van der Waals surface area contributed by atoms with Crippen molar-refractivity contribution in [2.45, 2.75) is 20.4 Å². The highest BCUT2D eigenvalue weighted by molar-refractivity contribution is 5.92. The standard InChI is InChI=1S/C26H29N7O3/c1-18-8-9-22(36-3)20(16-18)28-23(34)17-33-26(35)32-11-10-27-24(25(32)29-33)31-14-12-30(13-15-31)21-7-5-4-6-19(21)2/h4-11,16H,12-15,17H2,1-3H3,(H,28,34). The number of carbonyl (C=O) groups excluding carboxylic acids is 1. The smallest absolute Gasteiger partial charge is 0.350 e. The molecule has 1 amide bonds. The number of para-hydroxylation sites is 1. The molecule has 0 aliphatic carbocycles. The van der Waals surface area contributed by atoms with Crippen molar-refractivity contribution in [2.24, 2.45) is 0 Å². The fourth-order valence-corrected chi connectivity index (χ4v) is 4.58. The summed E-state index contributed by atoms with van der Waals surface area (Å²) in [7, 11) is 1.54. The summed E-state index contributed by atoms with van der Waals surface area (Å²) in [6.45, 7) is 6.98. The van der Waals surface area contributed by atoms with Gasteiger partial charge in [0.25, 0.3) is 0 Å². The third-order valence-corrected chi connectivity index (χ3v) is 6.44. The maximum Gasteiger partial charge on any atom is 0.350 e. The lowest BCUT2D eigenvalue weighted by atomic mass is 10.1. The number of amides is 1. The highest BCUT2D eigenvalue weighted by Crippen LogP contribution is 2.26. The zero-order valence-corrected chi connectivity index (χ0v) is 20.6. The Morgan fingerprint density at radius 3 is 2.56 bits per heavy atom. The molecule has 4 aromatic rings. The molecule has 186 valence electrons. The highest BCUT2D eigenvalue weighted by Gasteiger charge is 2.23. The van der Waals surface area contributed by atoms with Gasteiger partial charge in [-0.05, 0) is 43.2 Å². The number of rotatable bonds is 6. The van der Waals surface area contributed by atoms with E-state index in [4.69, 9.17) is 4.74 Å². The van der Waals surface area contributed by atoms with Crippen LogP contribution in [0, 0.1) is 13.8 Å². The van der Waals surface area contributed by atoms with Gasteiger partial charge in [0.2, 0.25) is 11.6 Å². The monoisotopic (exact) mass is 487 g/mol. The van der Waals surface area contributed by atoms with Gasteiger partial charge >= 0.3 is 5.69 Å². The zero-order chi connectivity index (χ0) is 25.2. The lowest BCUT2D eigenvalue weighted by Crippen LogP contribution is -2.47. The molecule has 10 nitrogen and oxygen atoms in total. The number of aryl methyl sites for hydroxylation is 2. The summed E-state index contributed by atoms with van der Waals surface area (Å²) in [4.78, 5) is 34.8. The van der Waals surface area contributed by atoms with Crippen molar-refractivity contribution in [3.8, 4) is 5.75 Å². The second-order valence-electron chi connectivity index (χ2n) is 8.90. The van der Waals surface area contributed by atoms with Gasteiger partial charge in [0, 0.05) is 44.3 Å². The van der Waals surface area contributed by atoms with Crippen LogP contribution in [0.1, 0.15) is 11.1 Å². The third kappa shape index (κ3) is 4.49. The van der Waals surface area contributed by atoms with Gasteiger partial charge < -0.3 is 19.9 Å². The van der Waals surface area contributed by atoms with Crippen molar-refractivity contribution < 1.29 is 9.53 Å². The van der Waals surface area contributed by atoms with E-state index in [2.05, 4.69) is 50.3 Å². The average Bonchev–Trinajstić information content (AvgIpc) is 3.19. The first-order valence-electron chi connectivity index (χ1n) is 11.9. The third-order valence-electron chi connectivity index (χ3n) is 6.44. The quantitative estimate of drug-likeness (QED) is 0.446. The molecule has 0 atom stereocenters. The first kappa shape index (κ1) is 23.4. The fraction of sp³-hybridized carbons (Fsp3) is 0.308. The number of benzene rings is 2. The summed E-state index contributed by atoms with van der Waals surface area (Å²) in [6, 6.07) is 13.9. The average molecular weight is 488 g/mol. The molecule has 3 heterocycles. The Morgan fingerprint density at radius 2 is 1.81 bits per heavy atom. The fourth-order valence-electron chi connectivity index (χ4n) is 4.58. The molecule has 1 aliphatic heterocycles. The van der Waals surface area contributed by atoms with Gasteiger partial charge in [-0.1, -0.05) is 24.3 Å². The molecule has 5 rings (SSSR count). The highest BCUT2D eigenvalue weighted by atomic mass is 16.5. The van der Waals surface area contributed by atoms with Crippen LogP contribution < -0.4 is 25.5 Å². The predicted octanol–water partition coefficient (Wildman–Crippen LogP) is 2.48. The molecule has 1 N–H and O–H groups in total. The zero-order valence-electron chi connectivity index (χ0n) is 20.6. The molecular formula is C26H29N7O3. The maximum absolute atomic E-state index is 13.0. The lowest BCUT2D eigenvalue weighted by molar-refractivity contribution is -0.117. The molecule has 36 heavy (non-hydrogen) atoms. The minimum Gasteiger partial charge on any atom is -0.495 e. The molecule has 0 unspecified atom stereocenters. The first-order valence-corrected chi connectivity index (χ1v) is 11.9. The van der Waals surface area contributed by atoms with Crippen LogP contribution in [0.4, 0.5) is 17.2 Å². The number of nitrogens with zero attached hydrogens (tertiary/aromatic N) is 6. The normalized spacial score (nSPS) is 13.8. The molecule has 1 saturated heterocycles. The Balaban J connectivity index is 1.34. The number of ether oxygens (including phenoxy) is 1. The molecule has 0 radical (unpaired) electrons. The maximum atomic E-state index is 13.0. The van der Waals surface area contributed by atoms with E-state index >= 15 is 0 Å². The van der Waals surface area contributed by atoms with Gasteiger partial charge in [0.05, 0.1) is 12.8 Å². The van der Waals surface area contributed by atoms with Crippen LogP contribution in [0.25, 0.3) is 5.65 Å². The largest absolute Gasteiger partial charge is 0.495 e. The minimum atomic E-state index is -0.390. The minimum absolute atomic E-state index is 0.224. The van der Waals surface area contributed by atoms with Gasteiger partial charge in [0.15, 0.2) is 5.82 Å². The summed E-state index contributed by atoms with van der Waals surface area (Å²) in [5.41, 5.74) is 4.06. The Kier molecular flexibility index (Phi) is 6.32. The van der Waals surface area contributed by atoms with Crippen LogP contribution in [-0.4, -0.2) is 58.4 Å². The van der Waals surface area contributed by atoms with Gasteiger partial charge in [0.1, 0.15) is 12.3 Å². The summed E-state index contributed by atoms with van der Waals surface area (Å²) in [6.07, 6.45) is 3.18. The van der Waals surface area contributed by atoms with E-state index in [1.807, 2.05) is 25.1 Å². The molecule has 10 heteroatoms. The van der Waals surface area contributed by atoms with E-state index in [1.54, 1.807) is 25.6 Å². The molecule has 1 fully saturated rings. The van der Waals surface area contributed by atoms with Gasteiger partial charge in [-0.25, -0.2) is 18.9 Å². The topological polar surface area (TPSA) is 97.0 Å². The van der Waals surface area contributed by atoms with E-state index in [0.29, 0.717) is 22.9 Å². The second-order valence-corrected chi connectivity index (χ2v) is 8.90. The number of hydrogen-bond donors (Lipinski definition) is 1. The van der Waals surface area contributed by atoms with Crippen molar-refractivity contribution in [1.29, 1.82) is 0 Å². The van der Waals surface area contributed by atoms with E-state index in [9.17, 15) is 9.59 Å². The number of hydrogen-bond acceptors (Lipinski definition) is 7. The van der Waals surface area contributed by atoms with E-state index in [0.717, 1.165) is 31.7 Å². The van der Waals surface area contributed by atoms with Crippen LogP contribution in [0.15, 0.2) is 59.7 Å². The summed E-state index contributed by atoms with van der Waals surface area (Å²) in [5, 5.41) is 7.30. The van der Waals surface area contributed by atoms with Crippen molar-refractivity contribution >= 4 is 28.7 Å². The van der Waals surface area contributed by atoms with Crippen LogP contribution in [-0.2, 0) is 11.3 Å². The van der Waals surface area contributed by atoms with Gasteiger partial charge in [-0.15, -0.1) is 5.10 Å². The lowest BCUT2D eigenvalue weighted by Gasteiger charge is -2.37. The number of aromatic nitrogens is 4. The number of methoxy groups -OCH3 is 1. The molecular weight excluding hydrogens is 458 g/mol. The van der Waals surface area contributed by atoms with Crippen LogP contribution in [0.2, 0.25) is 0 Å². The van der Waals surface area contributed by atoms with Crippen LogP contribution in [0.5, 0.6) is 5.75 Å². The molecule has 0 spiro atoms. The van der Waals surface area contributed by atoms with E-state index < -0.39 is 5.69 Å². The van der Waals surface area contributed by atoms with E-state index in [-0.39, 0.29) is 12.5 Å². The Bertz CT molecular complexity index is 1470. The number of fused-ring (bicyclic) bond motifs is 1. The Hall–Kier alpha value is -4.34. The SMILES string of the molecule is COc1ccc(C)cc1NC(=O)Cn1nc2c(N3CCN(c4ccccc4C)CC3)nccn2c1=O. The number of piperazine rings is 1. The number of anilines is 3. The van der Waals surface area contributed by atoms with Gasteiger partial charge in [-0.2, -0.15) is 0 Å². The molecule has 2 aromatic carbocycles. The predicted molar refractivity (Wildman–Crippen MR) is 139 cm³/mol. The molecule has 1 aliphatic rings. The molecule has 0 saturated carbocycles. The van der Waals surface area contributed by atoms with Crippen LogP contribution >= 0.6 is 0 Å². The number of nitrogens with one attached hydrogen (secondary N) is 1. The van der Waals surface area contributed by atoms with Crippen LogP contribution in [0.3, 0.4) is 0 Å². The first-order chi connectivity index (χ1) is 17.4.